The monoisotopic (exact) mass is 277 g/mol. The van der Waals surface area contributed by atoms with Crippen molar-refractivity contribution < 1.29 is 4.79 Å². The highest BCUT2D eigenvalue weighted by atomic mass is 16.2. The number of anilines is 2. The van der Waals surface area contributed by atoms with Gasteiger partial charge in [-0.15, -0.1) is 0 Å². The van der Waals surface area contributed by atoms with Crippen LogP contribution in [0.25, 0.3) is 0 Å². The molecule has 0 saturated carbocycles. The van der Waals surface area contributed by atoms with E-state index in [4.69, 9.17) is 0 Å². The molecule has 0 atom stereocenters. The minimum atomic E-state index is 0.146. The molecule has 1 amide bonds. The van der Waals surface area contributed by atoms with E-state index in [9.17, 15) is 4.79 Å². The minimum absolute atomic E-state index is 0.146. The molecule has 6 nitrogen and oxygen atoms in total. The summed E-state index contributed by atoms with van der Waals surface area (Å²) in [5, 5.41) is 6.12. The number of carbonyl (C=O) groups excluding carboxylic acids is 1. The molecule has 2 rings (SSSR count). The zero-order chi connectivity index (χ0) is 14.4. The molecule has 2 heterocycles. The van der Waals surface area contributed by atoms with Gasteiger partial charge in [-0.25, -0.2) is 9.97 Å². The zero-order valence-corrected chi connectivity index (χ0v) is 12.3. The van der Waals surface area contributed by atoms with Crippen molar-refractivity contribution in [3.63, 3.8) is 0 Å². The lowest BCUT2D eigenvalue weighted by atomic mass is 10.1. The van der Waals surface area contributed by atoms with Crippen molar-refractivity contribution in [1.82, 2.24) is 14.9 Å². The molecule has 0 aliphatic carbocycles. The Balaban J connectivity index is 1.94. The minimum Gasteiger partial charge on any atom is -0.373 e. The largest absolute Gasteiger partial charge is 0.373 e. The highest BCUT2D eigenvalue weighted by Gasteiger charge is 2.16. The van der Waals surface area contributed by atoms with Gasteiger partial charge in [-0.05, 0) is 19.3 Å². The first kappa shape index (κ1) is 14.6. The van der Waals surface area contributed by atoms with Crippen LogP contribution in [0.2, 0.25) is 0 Å². The molecule has 1 fully saturated rings. The van der Waals surface area contributed by atoms with Crippen molar-refractivity contribution in [2.45, 2.75) is 32.6 Å². The molecule has 1 aromatic heterocycles. The molecule has 0 bridgehead atoms. The summed E-state index contributed by atoms with van der Waals surface area (Å²) in [7, 11) is 1.82. The molecule has 2 N–H and O–H groups in total. The predicted octanol–water partition coefficient (Wildman–Crippen LogP) is 1.51. The number of hydrogen-bond acceptors (Lipinski definition) is 5. The summed E-state index contributed by atoms with van der Waals surface area (Å²) >= 11 is 0. The van der Waals surface area contributed by atoms with Crippen molar-refractivity contribution in [3.8, 4) is 0 Å². The molecule has 1 aromatic rings. The standard InChI is InChI=1S/C14H23N5O/c1-3-11-17-12(15-2)9-13(18-11)16-10-14(20)19-7-5-4-6-8-19/h9H,3-8,10H2,1-2H3,(H2,15,16,17,18). The fourth-order valence-corrected chi connectivity index (χ4v) is 2.30. The topological polar surface area (TPSA) is 70.2 Å². The third kappa shape index (κ3) is 3.82. The number of rotatable bonds is 5. The van der Waals surface area contributed by atoms with Crippen LogP contribution in [0.15, 0.2) is 6.07 Å². The summed E-state index contributed by atoms with van der Waals surface area (Å²) < 4.78 is 0. The quantitative estimate of drug-likeness (QED) is 0.853. The molecule has 6 heteroatoms. The summed E-state index contributed by atoms with van der Waals surface area (Å²) in [4.78, 5) is 22.7. The maximum Gasteiger partial charge on any atom is 0.241 e. The van der Waals surface area contributed by atoms with Crippen LogP contribution in [-0.2, 0) is 11.2 Å². The molecule has 20 heavy (non-hydrogen) atoms. The highest BCUT2D eigenvalue weighted by molar-refractivity contribution is 5.80. The number of nitrogens with zero attached hydrogens (tertiary/aromatic N) is 3. The molecule has 0 aromatic carbocycles. The number of amides is 1. The summed E-state index contributed by atoms with van der Waals surface area (Å²) in [5.74, 6) is 2.38. The normalized spacial score (nSPS) is 15.0. The van der Waals surface area contributed by atoms with Crippen molar-refractivity contribution >= 4 is 17.5 Å². The summed E-state index contributed by atoms with van der Waals surface area (Å²) in [6.07, 6.45) is 4.23. The zero-order valence-electron chi connectivity index (χ0n) is 12.3. The van der Waals surface area contributed by atoms with Crippen LogP contribution in [0.4, 0.5) is 11.6 Å². The summed E-state index contributed by atoms with van der Waals surface area (Å²) in [6, 6.07) is 1.82. The van der Waals surface area contributed by atoms with Gasteiger partial charge in [-0.1, -0.05) is 6.92 Å². The third-order valence-electron chi connectivity index (χ3n) is 3.47. The molecule has 0 unspecified atom stereocenters. The molecule has 110 valence electrons. The first-order chi connectivity index (χ1) is 9.72. The number of carbonyl (C=O) groups is 1. The Hall–Kier alpha value is -1.85. The van der Waals surface area contributed by atoms with Crippen LogP contribution in [-0.4, -0.2) is 47.5 Å². The van der Waals surface area contributed by atoms with Crippen LogP contribution in [0.1, 0.15) is 32.0 Å². The van der Waals surface area contributed by atoms with Gasteiger partial charge in [0.2, 0.25) is 5.91 Å². The van der Waals surface area contributed by atoms with Crippen LogP contribution >= 0.6 is 0 Å². The number of piperidine rings is 1. The molecular weight excluding hydrogens is 254 g/mol. The van der Waals surface area contributed by atoms with Gasteiger partial charge in [-0.2, -0.15) is 0 Å². The van der Waals surface area contributed by atoms with E-state index in [0.717, 1.165) is 44.0 Å². The molecule has 0 radical (unpaired) electrons. The van der Waals surface area contributed by atoms with E-state index in [1.165, 1.54) is 6.42 Å². The summed E-state index contributed by atoms with van der Waals surface area (Å²) in [5.41, 5.74) is 0. The van der Waals surface area contributed by atoms with Crippen LogP contribution in [0.5, 0.6) is 0 Å². The Labute approximate surface area is 120 Å². The average Bonchev–Trinajstić information content (AvgIpc) is 2.53. The SMILES string of the molecule is CCc1nc(NC)cc(NCC(=O)N2CCCCC2)n1. The van der Waals surface area contributed by atoms with Gasteiger partial charge < -0.3 is 15.5 Å². The average molecular weight is 277 g/mol. The van der Waals surface area contributed by atoms with Crippen LogP contribution < -0.4 is 10.6 Å². The smallest absolute Gasteiger partial charge is 0.241 e. The van der Waals surface area contributed by atoms with Crippen molar-refractivity contribution in [1.29, 1.82) is 0 Å². The van der Waals surface area contributed by atoms with E-state index >= 15 is 0 Å². The van der Waals surface area contributed by atoms with Gasteiger partial charge in [-0.3, -0.25) is 4.79 Å². The first-order valence-corrected chi connectivity index (χ1v) is 7.30. The fraction of sp³-hybridized carbons (Fsp3) is 0.643. The van der Waals surface area contributed by atoms with Crippen molar-refractivity contribution in [2.24, 2.45) is 0 Å². The Kier molecular flexibility index (Phi) is 5.15. The van der Waals surface area contributed by atoms with E-state index in [1.807, 2.05) is 24.9 Å². The second kappa shape index (κ2) is 7.07. The lowest BCUT2D eigenvalue weighted by Crippen LogP contribution is -2.39. The van der Waals surface area contributed by atoms with Gasteiger partial charge in [0.05, 0.1) is 6.54 Å². The van der Waals surface area contributed by atoms with Gasteiger partial charge in [0, 0.05) is 32.6 Å². The lowest BCUT2D eigenvalue weighted by molar-refractivity contribution is -0.130. The second-order valence-electron chi connectivity index (χ2n) is 4.95. The van der Waals surface area contributed by atoms with E-state index in [0.29, 0.717) is 12.4 Å². The van der Waals surface area contributed by atoms with Gasteiger partial charge in [0.15, 0.2) is 0 Å². The Morgan fingerprint density at radius 1 is 1.25 bits per heavy atom. The molecule has 1 aliphatic heterocycles. The molecule has 1 aliphatic rings. The van der Waals surface area contributed by atoms with Crippen LogP contribution in [0.3, 0.4) is 0 Å². The number of likely N-dealkylation sites (tertiary alicyclic amines) is 1. The number of aromatic nitrogens is 2. The van der Waals surface area contributed by atoms with E-state index in [2.05, 4.69) is 20.6 Å². The Morgan fingerprint density at radius 2 is 1.95 bits per heavy atom. The number of aryl methyl sites for hydroxylation is 1. The van der Waals surface area contributed by atoms with E-state index in [-0.39, 0.29) is 5.91 Å². The second-order valence-corrected chi connectivity index (χ2v) is 4.95. The lowest BCUT2D eigenvalue weighted by Gasteiger charge is -2.26. The summed E-state index contributed by atoms with van der Waals surface area (Å²) in [6.45, 7) is 4.07. The number of hydrogen-bond donors (Lipinski definition) is 2. The van der Waals surface area contributed by atoms with E-state index in [1.54, 1.807) is 0 Å². The van der Waals surface area contributed by atoms with Gasteiger partial charge in [0.1, 0.15) is 17.5 Å². The number of nitrogens with one attached hydrogen (secondary N) is 2. The Morgan fingerprint density at radius 3 is 2.60 bits per heavy atom. The van der Waals surface area contributed by atoms with Gasteiger partial charge >= 0.3 is 0 Å². The fourth-order valence-electron chi connectivity index (χ4n) is 2.30. The Bertz CT molecular complexity index is 435. The molecular formula is C14H23N5O. The maximum atomic E-state index is 12.1. The molecule has 0 spiro atoms. The third-order valence-corrected chi connectivity index (χ3v) is 3.47. The first-order valence-electron chi connectivity index (χ1n) is 7.30. The van der Waals surface area contributed by atoms with E-state index < -0.39 is 0 Å². The van der Waals surface area contributed by atoms with Crippen molar-refractivity contribution in [2.75, 3.05) is 37.3 Å². The highest BCUT2D eigenvalue weighted by Crippen LogP contribution is 2.12. The van der Waals surface area contributed by atoms with Crippen LogP contribution in [0, 0.1) is 0 Å². The maximum absolute atomic E-state index is 12.1. The van der Waals surface area contributed by atoms with Crippen molar-refractivity contribution in [3.05, 3.63) is 11.9 Å². The van der Waals surface area contributed by atoms with Gasteiger partial charge in [0.25, 0.3) is 0 Å². The predicted molar refractivity (Wildman–Crippen MR) is 79.9 cm³/mol. The molecule has 1 saturated heterocycles.